The molecule has 2 aliphatic heterocycles. The molecule has 0 aromatic rings. The molecule has 7 atom stereocenters. The van der Waals surface area contributed by atoms with Gasteiger partial charge in [-0.15, -0.1) is 0 Å². The van der Waals surface area contributed by atoms with E-state index in [4.69, 9.17) is 43.0 Å². The Morgan fingerprint density at radius 1 is 0.869 bits per heavy atom. The lowest BCUT2D eigenvalue weighted by atomic mass is 9.94. The maximum atomic E-state index is 12.5. The Bertz CT molecular complexity index is 1420. The topological polar surface area (TPSA) is 246 Å². The molecule has 0 aromatic heterocycles. The lowest BCUT2D eigenvalue weighted by molar-refractivity contribution is -0.870. The van der Waals surface area contributed by atoms with Gasteiger partial charge in [0.25, 0.3) is 0 Å². The van der Waals surface area contributed by atoms with Gasteiger partial charge in [0.2, 0.25) is 0 Å². The molecule has 2 saturated heterocycles. The Morgan fingerprint density at radius 2 is 1.49 bits per heavy atom. The van der Waals surface area contributed by atoms with E-state index in [9.17, 15) is 32.6 Å². The minimum absolute atomic E-state index is 0.0157. The minimum atomic E-state index is -4.48. The summed E-state index contributed by atoms with van der Waals surface area (Å²) in [6.45, 7) is 1.25. The Morgan fingerprint density at radius 3 is 2.11 bits per heavy atom. The second kappa shape index (κ2) is 29.8. The number of aliphatic hydroxyl groups excluding tert-OH is 1. The molecule has 20 heteroatoms. The average Bonchev–Trinajstić information content (AvgIpc) is 3.48. The molecule has 0 amide bonds. The number of unbranched alkanes of at least 4 members (excludes halogenated alkanes) is 14. The number of esters is 2. The lowest BCUT2D eigenvalue weighted by Crippen LogP contribution is -2.41. The Kier molecular flexibility index (Phi) is 27.1. The third kappa shape index (κ3) is 28.1. The summed E-state index contributed by atoms with van der Waals surface area (Å²) in [6.07, 6.45) is 21.0. The van der Waals surface area contributed by atoms with Crippen LogP contribution < -0.4 is 5.73 Å². The summed E-state index contributed by atoms with van der Waals surface area (Å²) >= 11 is 0. The molecule has 2 fully saturated rings. The molecule has 0 aromatic carbocycles. The van der Waals surface area contributed by atoms with Gasteiger partial charge in [-0.3, -0.25) is 18.4 Å². The van der Waals surface area contributed by atoms with Crippen molar-refractivity contribution in [3.8, 4) is 0 Å². The minimum Gasteiger partial charge on any atom is -0.462 e. The van der Waals surface area contributed by atoms with E-state index in [0.29, 0.717) is 36.9 Å². The standard InChI is InChI=1S/C41H77N2O16PS/c1-34(44)53-32-36(33-55-60(47,48)54-29-27-43(2,3)4)57-39(46)23-19-15-13-14-18-22-38-40-37(45)24-26-41(58-38,59-40)25-20-16-11-9-7-5-6-8-10-12-17-21-28-52-30-35(42)31-56-61(49,50)51/h19,23,35-38,40,45H,5-18,20-22,24-33,42H2,1-4H3,(H-,47,48,49,50,51)/p+1/b23-19+/t35-,36-,37-,38-,40+,41+/m1/s1. The number of phosphoric ester groups is 1. The van der Waals surface area contributed by atoms with Crippen LogP contribution in [0.4, 0.5) is 0 Å². The maximum Gasteiger partial charge on any atom is 0.472 e. The second-order valence-electron chi connectivity index (χ2n) is 17.3. The van der Waals surface area contributed by atoms with Crippen LogP contribution >= 0.6 is 7.82 Å². The van der Waals surface area contributed by atoms with Crippen molar-refractivity contribution in [1.82, 2.24) is 0 Å². The van der Waals surface area contributed by atoms with Gasteiger partial charge in [-0.05, 0) is 38.5 Å². The zero-order valence-electron chi connectivity index (χ0n) is 37.2. The molecule has 358 valence electrons. The number of likely N-dealkylation sites (N-methyl/N-ethyl adjacent to an activating group) is 1. The van der Waals surface area contributed by atoms with Gasteiger partial charge in [0, 0.05) is 32.4 Å². The number of nitrogens with zero attached hydrogens (tertiary/aromatic N) is 1. The number of carbonyl (C=O) groups is 2. The number of aliphatic hydroxyl groups is 1. The van der Waals surface area contributed by atoms with Crippen molar-refractivity contribution in [3.63, 3.8) is 0 Å². The van der Waals surface area contributed by atoms with Crippen molar-refractivity contribution in [2.45, 2.75) is 172 Å². The summed E-state index contributed by atoms with van der Waals surface area (Å²) in [6, 6.07) is -0.608. The van der Waals surface area contributed by atoms with Crippen LogP contribution in [-0.4, -0.2) is 143 Å². The molecule has 0 radical (unpaired) electrons. The zero-order chi connectivity index (χ0) is 45.2. The van der Waals surface area contributed by atoms with Gasteiger partial charge in [-0.1, -0.05) is 83.1 Å². The quantitative estimate of drug-likeness (QED) is 0.0146. The van der Waals surface area contributed by atoms with Crippen molar-refractivity contribution in [3.05, 3.63) is 12.2 Å². The average molecular weight is 918 g/mol. The smallest absolute Gasteiger partial charge is 0.462 e. The van der Waals surface area contributed by atoms with Gasteiger partial charge in [0.05, 0.1) is 59.2 Å². The van der Waals surface area contributed by atoms with Crippen molar-refractivity contribution in [2.24, 2.45) is 5.73 Å². The summed E-state index contributed by atoms with van der Waals surface area (Å²) in [4.78, 5) is 33.8. The number of allylic oxidation sites excluding steroid dienone is 1. The number of nitrogens with two attached hydrogens (primary N) is 1. The fraction of sp³-hybridized carbons (Fsp3) is 0.902. The molecule has 1 unspecified atom stereocenters. The van der Waals surface area contributed by atoms with E-state index in [1.807, 2.05) is 21.1 Å². The van der Waals surface area contributed by atoms with E-state index < -0.39 is 60.8 Å². The van der Waals surface area contributed by atoms with Crippen LogP contribution in [0.25, 0.3) is 0 Å². The highest BCUT2D eigenvalue weighted by Crippen LogP contribution is 2.45. The largest absolute Gasteiger partial charge is 0.472 e. The number of hydrogen-bond acceptors (Lipinski definition) is 15. The van der Waals surface area contributed by atoms with Gasteiger partial charge >= 0.3 is 30.2 Å². The third-order valence-electron chi connectivity index (χ3n) is 10.5. The van der Waals surface area contributed by atoms with Crippen molar-refractivity contribution >= 4 is 30.2 Å². The van der Waals surface area contributed by atoms with E-state index in [1.54, 1.807) is 6.08 Å². The van der Waals surface area contributed by atoms with Crippen LogP contribution in [-0.2, 0) is 61.5 Å². The predicted molar refractivity (Wildman–Crippen MR) is 227 cm³/mol. The number of rotatable bonds is 37. The summed E-state index contributed by atoms with van der Waals surface area (Å²) in [7, 11) is -3.16. The van der Waals surface area contributed by atoms with Crippen molar-refractivity contribution in [2.75, 3.05) is 67.3 Å². The number of ether oxygens (including phenoxy) is 5. The Balaban J connectivity index is 1.53. The second-order valence-corrected chi connectivity index (χ2v) is 19.9. The first-order valence-electron chi connectivity index (χ1n) is 22.2. The molecule has 2 aliphatic rings. The van der Waals surface area contributed by atoms with Crippen LogP contribution in [0.15, 0.2) is 12.2 Å². The van der Waals surface area contributed by atoms with Crippen molar-refractivity contribution in [1.29, 1.82) is 0 Å². The third-order valence-corrected chi connectivity index (χ3v) is 11.9. The molecule has 61 heavy (non-hydrogen) atoms. The van der Waals surface area contributed by atoms with E-state index in [0.717, 1.165) is 64.2 Å². The molecule has 0 saturated carbocycles. The molecular weight excluding hydrogens is 839 g/mol. The van der Waals surface area contributed by atoms with E-state index in [-0.39, 0.29) is 38.6 Å². The van der Waals surface area contributed by atoms with Crippen LogP contribution in [0, 0.1) is 0 Å². The van der Waals surface area contributed by atoms with Gasteiger partial charge in [-0.25, -0.2) is 13.5 Å². The van der Waals surface area contributed by atoms with Crippen LogP contribution in [0.1, 0.15) is 135 Å². The summed E-state index contributed by atoms with van der Waals surface area (Å²) < 4.78 is 85.3. The first-order chi connectivity index (χ1) is 28.8. The number of hydrogen-bond donors (Lipinski definition) is 4. The first-order valence-corrected chi connectivity index (χ1v) is 25.1. The van der Waals surface area contributed by atoms with Gasteiger partial charge in [-0.2, -0.15) is 8.42 Å². The zero-order valence-corrected chi connectivity index (χ0v) is 38.9. The van der Waals surface area contributed by atoms with Crippen LogP contribution in [0.2, 0.25) is 0 Å². The normalized spacial score (nSPS) is 22.6. The fourth-order valence-electron chi connectivity index (χ4n) is 7.10. The van der Waals surface area contributed by atoms with E-state index >= 15 is 0 Å². The molecule has 2 bridgehead atoms. The number of quaternary nitrogens is 1. The number of carbonyl (C=O) groups excluding carboxylic acids is 2. The fourth-order valence-corrected chi connectivity index (χ4v) is 8.19. The Hall–Kier alpha value is -1.58. The highest BCUT2D eigenvalue weighted by Gasteiger charge is 2.52. The first kappa shape index (κ1) is 55.6. The summed E-state index contributed by atoms with van der Waals surface area (Å²) in [5.41, 5.74) is 5.69. The van der Waals surface area contributed by atoms with E-state index in [2.05, 4.69) is 4.18 Å². The Labute approximate surface area is 364 Å². The van der Waals surface area contributed by atoms with E-state index in [1.165, 1.54) is 57.9 Å². The van der Waals surface area contributed by atoms with Crippen LogP contribution in [0.3, 0.4) is 0 Å². The molecule has 2 rings (SSSR count). The maximum absolute atomic E-state index is 12.5. The highest BCUT2D eigenvalue weighted by molar-refractivity contribution is 7.80. The molecule has 5 N–H and O–H groups in total. The molecule has 2 heterocycles. The number of phosphoric acid groups is 1. The summed E-state index contributed by atoms with van der Waals surface area (Å²) in [5, 5.41) is 10.7. The monoisotopic (exact) mass is 917 g/mol. The summed E-state index contributed by atoms with van der Waals surface area (Å²) in [5.74, 6) is -1.89. The number of fused-ring (bicyclic) bond motifs is 2. The van der Waals surface area contributed by atoms with Gasteiger partial charge < -0.3 is 43.9 Å². The molecule has 18 nitrogen and oxygen atoms in total. The highest BCUT2D eigenvalue weighted by atomic mass is 32.3. The lowest BCUT2D eigenvalue weighted by Gasteiger charge is -2.33. The SMILES string of the molecule is CC(=O)OC[C@H](COP(=O)(O)OCC[N+](C)(C)C)OC(=O)/C=C/CCCCC[C@H]1O[C@]2(CCCCCCCCCCCCCCOC[C@@H](N)COS(=O)(=O)O)CC[C@@H](O)[C@@H]1O2. The van der Waals surface area contributed by atoms with Crippen LogP contribution in [0.5, 0.6) is 0 Å². The predicted octanol–water partition coefficient (Wildman–Crippen LogP) is 5.68. The van der Waals surface area contributed by atoms with Crippen molar-refractivity contribution < 1.29 is 78.5 Å². The molecular formula is C41H78N2O16PS+. The van der Waals surface area contributed by atoms with Gasteiger partial charge in [0.15, 0.2) is 11.9 Å². The van der Waals surface area contributed by atoms with Gasteiger partial charge in [0.1, 0.15) is 25.9 Å². The molecule has 0 aliphatic carbocycles. The molecule has 0 spiro atoms.